The summed E-state index contributed by atoms with van der Waals surface area (Å²) < 4.78 is 21.3. The Kier molecular flexibility index (Phi) is 1.51. The highest BCUT2D eigenvalue weighted by Crippen LogP contribution is 2.35. The molecule has 1 heterocycles. The molecule has 0 saturated carbocycles. The monoisotopic (exact) mass is 163 g/mol. The van der Waals surface area contributed by atoms with Gasteiger partial charge in [0.25, 0.3) is 0 Å². The SMILES string of the molecule is [2H]C([2H])([2H])C(=O)C=C1SCCS1. The summed E-state index contributed by atoms with van der Waals surface area (Å²) in [5.74, 6) is 1.16. The van der Waals surface area contributed by atoms with Crippen molar-refractivity contribution in [1.82, 2.24) is 0 Å². The zero-order chi connectivity index (χ0) is 9.19. The van der Waals surface area contributed by atoms with E-state index in [1.54, 1.807) is 23.5 Å². The summed E-state index contributed by atoms with van der Waals surface area (Å²) in [5.41, 5.74) is 0. The third-order valence-corrected chi connectivity index (χ3v) is 3.41. The molecule has 0 aliphatic carbocycles. The summed E-state index contributed by atoms with van der Waals surface area (Å²) in [6.45, 7) is -2.48. The third-order valence-electron chi connectivity index (χ3n) is 0.821. The first-order valence-electron chi connectivity index (χ1n) is 4.02. The first-order chi connectivity index (χ1) is 5.50. The molecular formula is C6H8OS2. The molecule has 1 saturated heterocycles. The van der Waals surface area contributed by atoms with Crippen molar-refractivity contribution in [2.24, 2.45) is 0 Å². The Morgan fingerprint density at radius 3 is 3.00 bits per heavy atom. The van der Waals surface area contributed by atoms with Gasteiger partial charge in [0.05, 0.1) is 0 Å². The van der Waals surface area contributed by atoms with E-state index < -0.39 is 12.6 Å². The first kappa shape index (κ1) is 4.09. The van der Waals surface area contributed by atoms with Gasteiger partial charge in [-0.3, -0.25) is 4.79 Å². The summed E-state index contributed by atoms with van der Waals surface area (Å²) in [6.07, 6.45) is 1.23. The fourth-order valence-corrected chi connectivity index (χ4v) is 2.80. The van der Waals surface area contributed by atoms with Crippen molar-refractivity contribution in [3.05, 3.63) is 10.3 Å². The van der Waals surface area contributed by atoms with Crippen LogP contribution in [0.1, 0.15) is 11.0 Å². The maximum atomic E-state index is 11.0. The molecule has 3 heteroatoms. The van der Waals surface area contributed by atoms with E-state index in [0.717, 1.165) is 15.7 Å². The number of ketones is 1. The molecule has 0 aromatic carbocycles. The average Bonchev–Trinajstić information content (AvgIpc) is 2.37. The lowest BCUT2D eigenvalue weighted by Crippen LogP contribution is -1.79. The number of allylic oxidation sites excluding steroid dienone is 1. The Morgan fingerprint density at radius 2 is 2.44 bits per heavy atom. The molecular weight excluding hydrogens is 152 g/mol. The van der Waals surface area contributed by atoms with E-state index in [2.05, 4.69) is 0 Å². The second-order valence-corrected chi connectivity index (χ2v) is 4.06. The number of hydrogen-bond donors (Lipinski definition) is 0. The van der Waals surface area contributed by atoms with Gasteiger partial charge in [-0.2, -0.15) is 0 Å². The van der Waals surface area contributed by atoms with E-state index in [9.17, 15) is 4.79 Å². The van der Waals surface area contributed by atoms with Gasteiger partial charge in [-0.1, -0.05) is 0 Å². The van der Waals surface area contributed by atoms with E-state index in [1.807, 2.05) is 0 Å². The van der Waals surface area contributed by atoms with Crippen LogP contribution in [-0.4, -0.2) is 17.3 Å². The van der Waals surface area contributed by atoms with Crippen molar-refractivity contribution >= 4 is 29.3 Å². The van der Waals surface area contributed by atoms with Crippen molar-refractivity contribution in [2.45, 2.75) is 6.85 Å². The maximum Gasteiger partial charge on any atom is 0.154 e. The molecule has 0 radical (unpaired) electrons. The average molecular weight is 163 g/mol. The molecule has 0 atom stereocenters. The van der Waals surface area contributed by atoms with Crippen LogP contribution in [0.4, 0.5) is 0 Å². The van der Waals surface area contributed by atoms with E-state index in [1.165, 1.54) is 6.08 Å². The summed E-state index contributed by atoms with van der Waals surface area (Å²) >= 11 is 3.08. The maximum absolute atomic E-state index is 11.0. The van der Waals surface area contributed by atoms with Crippen molar-refractivity contribution in [1.29, 1.82) is 0 Å². The van der Waals surface area contributed by atoms with Gasteiger partial charge in [-0.15, -0.1) is 23.5 Å². The van der Waals surface area contributed by atoms with Crippen LogP contribution in [0, 0.1) is 0 Å². The van der Waals surface area contributed by atoms with Gasteiger partial charge in [-0.05, 0) is 6.85 Å². The summed E-state index contributed by atoms with van der Waals surface area (Å²) in [7, 11) is 0. The predicted octanol–water partition coefficient (Wildman–Crippen LogP) is 1.90. The van der Waals surface area contributed by atoms with Crippen LogP contribution in [0.25, 0.3) is 0 Å². The Labute approximate surface area is 67.5 Å². The number of hydrogen-bond acceptors (Lipinski definition) is 3. The molecule has 0 aromatic rings. The highest BCUT2D eigenvalue weighted by Gasteiger charge is 2.07. The molecule has 0 aromatic heterocycles. The Hall–Kier alpha value is 0.110. The number of thioether (sulfide) groups is 2. The highest BCUT2D eigenvalue weighted by atomic mass is 32.2. The lowest BCUT2D eigenvalue weighted by Gasteiger charge is -1.87. The minimum atomic E-state index is -2.48. The topological polar surface area (TPSA) is 17.1 Å². The summed E-state index contributed by atoms with van der Waals surface area (Å²) in [4.78, 5) is 11.0. The molecule has 1 rings (SSSR count). The Bertz CT molecular complexity index is 213. The normalized spacial score (nSPS) is 24.4. The van der Waals surface area contributed by atoms with Crippen LogP contribution in [0.2, 0.25) is 0 Å². The van der Waals surface area contributed by atoms with Crippen LogP contribution >= 0.6 is 23.5 Å². The Morgan fingerprint density at radius 1 is 1.78 bits per heavy atom. The number of carbonyl (C=O) groups excluding carboxylic acids is 1. The van der Waals surface area contributed by atoms with Gasteiger partial charge in [0.2, 0.25) is 0 Å². The zero-order valence-electron chi connectivity index (χ0n) is 7.72. The molecule has 0 bridgehead atoms. The van der Waals surface area contributed by atoms with Crippen LogP contribution < -0.4 is 0 Å². The standard InChI is InChI=1S/C6H8OS2/c1-5(7)4-6-8-2-3-9-6/h4H,2-3H2,1H3/i1D3. The highest BCUT2D eigenvalue weighted by molar-refractivity contribution is 8.25. The molecule has 1 aliphatic rings. The quantitative estimate of drug-likeness (QED) is 0.550. The van der Waals surface area contributed by atoms with Gasteiger partial charge in [0.15, 0.2) is 5.78 Å². The Balaban J connectivity index is 2.60. The number of rotatable bonds is 1. The molecule has 0 spiro atoms. The van der Waals surface area contributed by atoms with E-state index >= 15 is 0 Å². The molecule has 0 unspecified atom stereocenters. The van der Waals surface area contributed by atoms with Crippen molar-refractivity contribution in [3.8, 4) is 0 Å². The van der Waals surface area contributed by atoms with Crippen LogP contribution in [0.3, 0.4) is 0 Å². The van der Waals surface area contributed by atoms with Gasteiger partial charge < -0.3 is 0 Å². The van der Waals surface area contributed by atoms with Crippen LogP contribution in [0.15, 0.2) is 10.3 Å². The fraction of sp³-hybridized carbons (Fsp3) is 0.500. The summed E-state index contributed by atoms with van der Waals surface area (Å²) in [6, 6.07) is 0. The second-order valence-electron chi connectivity index (χ2n) is 1.52. The van der Waals surface area contributed by atoms with Gasteiger partial charge in [-0.25, -0.2) is 0 Å². The minimum absolute atomic E-state index is 0.764. The van der Waals surface area contributed by atoms with E-state index in [0.29, 0.717) is 0 Å². The van der Waals surface area contributed by atoms with Gasteiger partial charge in [0, 0.05) is 25.9 Å². The molecule has 0 N–H and O–H groups in total. The number of carbonyl (C=O) groups is 1. The predicted molar refractivity (Wildman–Crippen MR) is 43.7 cm³/mol. The minimum Gasteiger partial charge on any atom is -0.295 e. The lowest BCUT2D eigenvalue weighted by atomic mass is 10.5. The van der Waals surface area contributed by atoms with Gasteiger partial charge in [0.1, 0.15) is 0 Å². The molecule has 1 nitrogen and oxygen atoms in total. The zero-order valence-corrected chi connectivity index (χ0v) is 6.35. The van der Waals surface area contributed by atoms with Gasteiger partial charge >= 0.3 is 0 Å². The second kappa shape index (κ2) is 3.32. The molecule has 0 amide bonds. The molecule has 1 aliphatic heterocycles. The molecule has 9 heavy (non-hydrogen) atoms. The van der Waals surface area contributed by atoms with E-state index in [-0.39, 0.29) is 0 Å². The van der Waals surface area contributed by atoms with Crippen molar-refractivity contribution in [3.63, 3.8) is 0 Å². The van der Waals surface area contributed by atoms with Crippen LogP contribution in [-0.2, 0) is 4.79 Å². The fourth-order valence-electron chi connectivity index (χ4n) is 0.517. The van der Waals surface area contributed by atoms with Crippen molar-refractivity contribution in [2.75, 3.05) is 11.5 Å². The third kappa shape index (κ3) is 2.45. The van der Waals surface area contributed by atoms with Crippen LogP contribution in [0.5, 0.6) is 0 Å². The van der Waals surface area contributed by atoms with Crippen molar-refractivity contribution < 1.29 is 8.91 Å². The lowest BCUT2D eigenvalue weighted by molar-refractivity contribution is -0.112. The smallest absolute Gasteiger partial charge is 0.154 e. The molecule has 50 valence electrons. The largest absolute Gasteiger partial charge is 0.295 e. The first-order valence-corrected chi connectivity index (χ1v) is 4.49. The summed E-state index contributed by atoms with van der Waals surface area (Å²) in [5, 5.41) is 0. The van der Waals surface area contributed by atoms with E-state index in [4.69, 9.17) is 4.11 Å². The molecule has 1 fully saturated rings.